The Kier molecular flexibility index (Phi) is 2.75. The van der Waals surface area contributed by atoms with Crippen molar-refractivity contribution in [2.45, 2.75) is 70.0 Å². The van der Waals surface area contributed by atoms with Crippen LogP contribution in [0.3, 0.4) is 0 Å². The first-order chi connectivity index (χ1) is 8.27. The molecule has 6 heteroatoms. The lowest BCUT2D eigenvalue weighted by molar-refractivity contribution is -0.232. The van der Waals surface area contributed by atoms with Crippen LogP contribution in [0.4, 0.5) is 0 Å². The number of rotatable bonds is 1. The molecule has 0 radical (unpaired) electrons. The smallest absolute Gasteiger partial charge is 0.190 e. The van der Waals surface area contributed by atoms with E-state index in [4.69, 9.17) is 23.7 Å². The summed E-state index contributed by atoms with van der Waals surface area (Å²) < 4.78 is 28.1. The molecule has 104 valence electrons. The van der Waals surface area contributed by atoms with Crippen molar-refractivity contribution in [3.8, 4) is 0 Å². The summed E-state index contributed by atoms with van der Waals surface area (Å²) in [7, 11) is 0. The summed E-state index contributed by atoms with van der Waals surface area (Å²) in [6.45, 7) is 7.68. The van der Waals surface area contributed by atoms with E-state index in [1.165, 1.54) is 0 Å². The summed E-state index contributed by atoms with van der Waals surface area (Å²) >= 11 is 0. The van der Waals surface area contributed by atoms with E-state index in [1.54, 1.807) is 13.8 Å². The van der Waals surface area contributed by atoms with Gasteiger partial charge in [0.2, 0.25) is 0 Å². The Labute approximate surface area is 106 Å². The molecule has 3 heterocycles. The van der Waals surface area contributed by atoms with Gasteiger partial charge in [0.1, 0.15) is 24.4 Å². The Morgan fingerprint density at radius 3 is 2.22 bits per heavy atom. The van der Waals surface area contributed by atoms with E-state index < -0.39 is 36.2 Å². The largest absolute Gasteiger partial charge is 0.387 e. The predicted octanol–water partition coefficient (Wildman–Crippen LogP) is 0.375. The minimum Gasteiger partial charge on any atom is -0.387 e. The van der Waals surface area contributed by atoms with E-state index in [0.29, 0.717) is 6.61 Å². The Morgan fingerprint density at radius 1 is 0.944 bits per heavy atom. The van der Waals surface area contributed by atoms with E-state index in [-0.39, 0.29) is 6.10 Å². The molecule has 6 nitrogen and oxygen atoms in total. The topological polar surface area (TPSA) is 66.4 Å². The van der Waals surface area contributed by atoms with Crippen molar-refractivity contribution in [2.24, 2.45) is 0 Å². The molecular formula is C12H20O6. The molecule has 0 spiro atoms. The van der Waals surface area contributed by atoms with Gasteiger partial charge in [-0.1, -0.05) is 0 Å². The molecule has 1 unspecified atom stereocenters. The molecular weight excluding hydrogens is 240 g/mol. The van der Waals surface area contributed by atoms with Gasteiger partial charge in [-0.2, -0.15) is 0 Å². The third-order valence-electron chi connectivity index (χ3n) is 3.45. The maximum absolute atomic E-state index is 10.3. The van der Waals surface area contributed by atoms with Gasteiger partial charge >= 0.3 is 0 Å². The van der Waals surface area contributed by atoms with Crippen molar-refractivity contribution in [2.75, 3.05) is 6.61 Å². The highest BCUT2D eigenvalue weighted by molar-refractivity contribution is 4.97. The van der Waals surface area contributed by atoms with Gasteiger partial charge in [0.15, 0.2) is 17.9 Å². The molecule has 3 aliphatic rings. The van der Waals surface area contributed by atoms with Gasteiger partial charge in [-0.15, -0.1) is 0 Å². The number of aliphatic hydroxyl groups is 1. The van der Waals surface area contributed by atoms with E-state index in [1.807, 2.05) is 13.8 Å². The van der Waals surface area contributed by atoms with Crippen LogP contribution in [0.1, 0.15) is 27.7 Å². The lowest BCUT2D eigenvalue weighted by Crippen LogP contribution is -2.42. The third kappa shape index (κ3) is 2.07. The van der Waals surface area contributed by atoms with Crippen LogP contribution in [0.5, 0.6) is 0 Å². The number of hydrogen-bond donors (Lipinski definition) is 1. The molecule has 3 fully saturated rings. The molecule has 0 aliphatic carbocycles. The first kappa shape index (κ1) is 12.8. The third-order valence-corrected chi connectivity index (χ3v) is 3.45. The SMILES string of the molecule is CC1(C)O[C@@H]2OC([C@@H]3COC(C)(C)O3)[C@H](O)[C@@H]2O1. The maximum atomic E-state index is 10.3. The molecule has 0 amide bonds. The van der Waals surface area contributed by atoms with Crippen LogP contribution in [0.25, 0.3) is 0 Å². The van der Waals surface area contributed by atoms with Crippen molar-refractivity contribution >= 4 is 0 Å². The number of aliphatic hydroxyl groups excluding tert-OH is 1. The van der Waals surface area contributed by atoms with Gasteiger partial charge in [0.25, 0.3) is 0 Å². The summed E-state index contributed by atoms with van der Waals surface area (Å²) in [5.41, 5.74) is 0. The maximum Gasteiger partial charge on any atom is 0.190 e. The molecule has 0 saturated carbocycles. The average Bonchev–Trinajstić information content (AvgIpc) is 2.81. The molecule has 5 atom stereocenters. The van der Waals surface area contributed by atoms with Crippen LogP contribution in [-0.2, 0) is 23.7 Å². The number of ether oxygens (including phenoxy) is 5. The monoisotopic (exact) mass is 260 g/mol. The molecule has 1 N–H and O–H groups in total. The standard InChI is InChI=1S/C12H20O6/c1-11(2)14-5-6(16-11)8-7(13)9-10(15-8)18-12(3,4)17-9/h6-10,13H,5H2,1-4H3/t6-,7-,8?,9-,10-/m0/s1. The lowest BCUT2D eigenvalue weighted by atomic mass is 10.1. The normalized spacial score (nSPS) is 49.5. The summed E-state index contributed by atoms with van der Waals surface area (Å²) in [6, 6.07) is 0. The number of hydrogen-bond acceptors (Lipinski definition) is 6. The van der Waals surface area contributed by atoms with E-state index >= 15 is 0 Å². The van der Waals surface area contributed by atoms with Gasteiger partial charge in [-0.25, -0.2) is 0 Å². The van der Waals surface area contributed by atoms with Crippen LogP contribution in [0.2, 0.25) is 0 Å². The highest BCUT2D eigenvalue weighted by Gasteiger charge is 2.57. The molecule has 18 heavy (non-hydrogen) atoms. The highest BCUT2D eigenvalue weighted by atomic mass is 16.8. The molecule has 0 aromatic rings. The van der Waals surface area contributed by atoms with Crippen LogP contribution < -0.4 is 0 Å². The van der Waals surface area contributed by atoms with Gasteiger partial charge in [0, 0.05) is 0 Å². The zero-order valence-electron chi connectivity index (χ0n) is 11.1. The van der Waals surface area contributed by atoms with Crippen molar-refractivity contribution in [1.29, 1.82) is 0 Å². The van der Waals surface area contributed by atoms with Gasteiger partial charge in [-0.3, -0.25) is 0 Å². The zero-order chi connectivity index (χ0) is 13.1. The van der Waals surface area contributed by atoms with E-state index in [2.05, 4.69) is 0 Å². The highest BCUT2D eigenvalue weighted by Crippen LogP contribution is 2.40. The fraction of sp³-hybridized carbons (Fsp3) is 1.00. The molecule has 0 aromatic heterocycles. The van der Waals surface area contributed by atoms with E-state index in [0.717, 1.165) is 0 Å². The molecule has 0 aromatic carbocycles. The summed E-state index contributed by atoms with van der Waals surface area (Å²) in [6.07, 6.45) is -2.53. The quantitative estimate of drug-likeness (QED) is 0.735. The fourth-order valence-corrected chi connectivity index (χ4v) is 2.70. The van der Waals surface area contributed by atoms with Gasteiger partial charge < -0.3 is 28.8 Å². The average molecular weight is 260 g/mol. The number of fused-ring (bicyclic) bond motifs is 1. The second-order valence-electron chi connectivity index (χ2n) is 5.93. The first-order valence-electron chi connectivity index (χ1n) is 6.28. The Hall–Kier alpha value is -0.240. The van der Waals surface area contributed by atoms with Crippen molar-refractivity contribution < 1.29 is 28.8 Å². The minimum atomic E-state index is -0.765. The molecule has 0 bridgehead atoms. The summed E-state index contributed by atoms with van der Waals surface area (Å²) in [5, 5.41) is 10.3. The van der Waals surface area contributed by atoms with Crippen LogP contribution in [-0.4, -0.2) is 54.0 Å². The van der Waals surface area contributed by atoms with Crippen molar-refractivity contribution in [3.05, 3.63) is 0 Å². The predicted molar refractivity (Wildman–Crippen MR) is 59.6 cm³/mol. The van der Waals surface area contributed by atoms with Crippen LogP contribution in [0, 0.1) is 0 Å². The Morgan fingerprint density at radius 2 is 1.67 bits per heavy atom. The Balaban J connectivity index is 1.68. The Bertz CT molecular complexity index is 341. The summed E-state index contributed by atoms with van der Waals surface area (Å²) in [5.74, 6) is -1.35. The van der Waals surface area contributed by atoms with Crippen LogP contribution >= 0.6 is 0 Å². The van der Waals surface area contributed by atoms with Crippen molar-refractivity contribution in [1.82, 2.24) is 0 Å². The lowest BCUT2D eigenvalue weighted by Gasteiger charge is -2.26. The molecule has 3 saturated heterocycles. The minimum absolute atomic E-state index is 0.295. The van der Waals surface area contributed by atoms with Gasteiger partial charge in [0.05, 0.1) is 6.61 Å². The zero-order valence-corrected chi connectivity index (χ0v) is 11.1. The molecule has 3 rings (SSSR count). The van der Waals surface area contributed by atoms with Crippen molar-refractivity contribution in [3.63, 3.8) is 0 Å². The van der Waals surface area contributed by atoms with E-state index in [9.17, 15) is 5.11 Å². The second-order valence-corrected chi connectivity index (χ2v) is 5.93. The first-order valence-corrected chi connectivity index (χ1v) is 6.28. The second kappa shape index (κ2) is 3.88. The molecule has 3 aliphatic heterocycles. The summed E-state index contributed by atoms with van der Waals surface area (Å²) in [4.78, 5) is 0. The van der Waals surface area contributed by atoms with Crippen LogP contribution in [0.15, 0.2) is 0 Å². The fourth-order valence-electron chi connectivity index (χ4n) is 2.70. The van der Waals surface area contributed by atoms with Gasteiger partial charge in [-0.05, 0) is 27.7 Å².